The van der Waals surface area contributed by atoms with E-state index in [9.17, 15) is 0 Å². The molecular weight excluding hydrogens is 621 g/mol. The van der Waals surface area contributed by atoms with Crippen molar-refractivity contribution in [1.29, 1.82) is 0 Å². The Morgan fingerprint density at radius 3 is 1.12 bits per heavy atom. The molecule has 0 spiro atoms. The van der Waals surface area contributed by atoms with Crippen LogP contribution in [0.2, 0.25) is 0 Å². The fourth-order valence-corrected chi connectivity index (χ4v) is 8.29. The molecular formula is C47H30N4. The van der Waals surface area contributed by atoms with Crippen LogP contribution in [0.3, 0.4) is 0 Å². The second-order valence-electron chi connectivity index (χ2n) is 13.3. The van der Waals surface area contributed by atoms with E-state index < -0.39 is 0 Å². The van der Waals surface area contributed by atoms with Crippen molar-refractivity contribution >= 4 is 65.4 Å². The second kappa shape index (κ2) is 10.8. The molecule has 0 saturated heterocycles. The van der Waals surface area contributed by atoms with Crippen LogP contribution in [0.4, 0.5) is 0 Å². The summed E-state index contributed by atoms with van der Waals surface area (Å²) in [6.07, 6.45) is 3.74. The van der Waals surface area contributed by atoms with E-state index in [1.54, 1.807) is 0 Å². The number of nitrogens with zero attached hydrogens (tertiary/aromatic N) is 4. The Balaban J connectivity index is 1.20. The molecule has 0 aliphatic heterocycles. The minimum atomic E-state index is 1.11. The quantitative estimate of drug-likeness (QED) is 0.186. The van der Waals surface area contributed by atoms with Crippen LogP contribution in [0, 0.1) is 0 Å². The van der Waals surface area contributed by atoms with Crippen LogP contribution < -0.4 is 0 Å². The van der Waals surface area contributed by atoms with Gasteiger partial charge in [0, 0.05) is 61.8 Å². The first kappa shape index (κ1) is 28.0. The van der Waals surface area contributed by atoms with Gasteiger partial charge in [0.25, 0.3) is 0 Å². The highest BCUT2D eigenvalue weighted by atomic mass is 15.0. The third kappa shape index (κ3) is 4.11. The smallest absolute Gasteiger partial charge is 0.0542 e. The van der Waals surface area contributed by atoms with Gasteiger partial charge in [-0.15, -0.1) is 0 Å². The van der Waals surface area contributed by atoms with E-state index in [4.69, 9.17) is 0 Å². The molecule has 0 saturated carbocycles. The molecule has 0 fully saturated rings. The predicted molar refractivity (Wildman–Crippen MR) is 213 cm³/mol. The Labute approximate surface area is 293 Å². The highest BCUT2D eigenvalue weighted by Crippen LogP contribution is 2.39. The van der Waals surface area contributed by atoms with Gasteiger partial charge in [0.2, 0.25) is 0 Å². The molecule has 7 aromatic carbocycles. The minimum absolute atomic E-state index is 1.11. The lowest BCUT2D eigenvalue weighted by molar-refractivity contribution is 1.16. The van der Waals surface area contributed by atoms with Gasteiger partial charge in [-0.2, -0.15) is 0 Å². The van der Waals surface area contributed by atoms with Gasteiger partial charge in [-0.1, -0.05) is 91.0 Å². The number of para-hydroxylation sites is 4. The molecule has 238 valence electrons. The number of hydrogen-bond donors (Lipinski definition) is 0. The SMILES string of the molecule is c1cncc(-c2ccc(-n3c4ccc(-n5c6ccccc6c6ccccc65)cc4c4cc(-n5c6ccccc6c6ccccc65)ccc43)cc2)c1. The largest absolute Gasteiger partial charge is 0.309 e. The maximum atomic E-state index is 4.34. The van der Waals surface area contributed by atoms with E-state index in [1.807, 2.05) is 18.5 Å². The zero-order chi connectivity index (χ0) is 33.5. The molecule has 0 bridgehead atoms. The average molecular weight is 651 g/mol. The summed E-state index contributed by atoms with van der Waals surface area (Å²) in [6.45, 7) is 0. The van der Waals surface area contributed by atoms with Gasteiger partial charge >= 0.3 is 0 Å². The molecule has 0 unspecified atom stereocenters. The fourth-order valence-electron chi connectivity index (χ4n) is 8.29. The highest BCUT2D eigenvalue weighted by molar-refractivity contribution is 6.14. The lowest BCUT2D eigenvalue weighted by Gasteiger charge is -2.11. The summed E-state index contributed by atoms with van der Waals surface area (Å²) >= 11 is 0. The van der Waals surface area contributed by atoms with Gasteiger partial charge < -0.3 is 13.7 Å². The van der Waals surface area contributed by atoms with Crippen molar-refractivity contribution in [2.24, 2.45) is 0 Å². The molecule has 11 rings (SSSR count). The van der Waals surface area contributed by atoms with Gasteiger partial charge in [-0.05, 0) is 90.0 Å². The van der Waals surface area contributed by atoms with Crippen molar-refractivity contribution in [3.05, 3.63) is 182 Å². The Morgan fingerprint density at radius 1 is 0.294 bits per heavy atom. The standard InChI is InChI=1S/C47H30N4/c1-5-15-42-36(11-1)37-12-2-6-16-43(37)50(42)34-23-25-46-40(28-34)41-29-35(51-44-17-7-3-13-38(44)39-14-4-8-18-45(39)51)24-26-47(41)49(46)33-21-19-31(20-22-33)32-10-9-27-48-30-32/h1-30H. The van der Waals surface area contributed by atoms with Crippen LogP contribution in [0.15, 0.2) is 182 Å². The third-order valence-electron chi connectivity index (χ3n) is 10.5. The zero-order valence-corrected chi connectivity index (χ0v) is 27.6. The summed E-state index contributed by atoms with van der Waals surface area (Å²) in [6, 6.07) is 61.7. The molecule has 0 aliphatic rings. The van der Waals surface area contributed by atoms with Crippen molar-refractivity contribution < 1.29 is 0 Å². The van der Waals surface area contributed by atoms with Crippen LogP contribution in [0.5, 0.6) is 0 Å². The maximum absolute atomic E-state index is 4.34. The molecule has 4 heteroatoms. The molecule has 4 heterocycles. The average Bonchev–Trinajstić information content (AvgIpc) is 3.83. The van der Waals surface area contributed by atoms with Crippen molar-refractivity contribution in [2.45, 2.75) is 0 Å². The van der Waals surface area contributed by atoms with E-state index >= 15 is 0 Å². The van der Waals surface area contributed by atoms with Crippen LogP contribution in [-0.2, 0) is 0 Å². The highest BCUT2D eigenvalue weighted by Gasteiger charge is 2.18. The molecule has 0 N–H and O–H groups in total. The predicted octanol–water partition coefficient (Wildman–Crippen LogP) is 12.0. The summed E-state index contributed by atoms with van der Waals surface area (Å²) in [5, 5.41) is 7.47. The molecule has 0 amide bonds. The second-order valence-corrected chi connectivity index (χ2v) is 13.3. The Morgan fingerprint density at radius 2 is 0.686 bits per heavy atom. The third-order valence-corrected chi connectivity index (χ3v) is 10.5. The summed E-state index contributed by atoms with van der Waals surface area (Å²) in [5.74, 6) is 0. The number of benzene rings is 7. The normalized spacial score (nSPS) is 11.9. The van der Waals surface area contributed by atoms with Gasteiger partial charge in [-0.3, -0.25) is 4.98 Å². The van der Waals surface area contributed by atoms with Crippen molar-refractivity contribution in [3.8, 4) is 28.2 Å². The number of aromatic nitrogens is 4. The topological polar surface area (TPSA) is 27.7 Å². The zero-order valence-electron chi connectivity index (χ0n) is 27.6. The Hall–Kier alpha value is -6.91. The van der Waals surface area contributed by atoms with Gasteiger partial charge in [-0.25, -0.2) is 0 Å². The first-order chi connectivity index (χ1) is 25.3. The first-order valence-electron chi connectivity index (χ1n) is 17.4. The summed E-state index contributed by atoms with van der Waals surface area (Å²) < 4.78 is 7.22. The summed E-state index contributed by atoms with van der Waals surface area (Å²) in [5.41, 5.74) is 12.8. The molecule has 0 radical (unpaired) electrons. The van der Waals surface area contributed by atoms with Gasteiger partial charge in [0.1, 0.15) is 0 Å². The lowest BCUT2D eigenvalue weighted by Crippen LogP contribution is -1.96. The van der Waals surface area contributed by atoms with Crippen molar-refractivity contribution in [3.63, 3.8) is 0 Å². The van der Waals surface area contributed by atoms with Gasteiger partial charge in [0.05, 0.1) is 33.1 Å². The number of rotatable bonds is 4. The molecule has 4 aromatic heterocycles. The molecule has 51 heavy (non-hydrogen) atoms. The minimum Gasteiger partial charge on any atom is -0.309 e. The van der Waals surface area contributed by atoms with Crippen molar-refractivity contribution in [2.75, 3.05) is 0 Å². The molecule has 0 aliphatic carbocycles. The van der Waals surface area contributed by atoms with E-state index in [1.165, 1.54) is 65.4 Å². The number of hydrogen-bond acceptors (Lipinski definition) is 1. The molecule has 4 nitrogen and oxygen atoms in total. The Bertz CT molecular complexity index is 2850. The summed E-state index contributed by atoms with van der Waals surface area (Å²) in [7, 11) is 0. The molecule has 0 atom stereocenters. The van der Waals surface area contributed by atoms with Crippen LogP contribution >= 0.6 is 0 Å². The number of fused-ring (bicyclic) bond motifs is 9. The van der Waals surface area contributed by atoms with Gasteiger partial charge in [0.15, 0.2) is 0 Å². The lowest BCUT2D eigenvalue weighted by atomic mass is 10.1. The van der Waals surface area contributed by atoms with E-state index in [-0.39, 0.29) is 0 Å². The monoisotopic (exact) mass is 650 g/mol. The fraction of sp³-hybridized carbons (Fsp3) is 0. The first-order valence-corrected chi connectivity index (χ1v) is 17.4. The maximum Gasteiger partial charge on any atom is 0.0542 e. The van der Waals surface area contributed by atoms with Crippen molar-refractivity contribution in [1.82, 2.24) is 18.7 Å². The Kier molecular flexibility index (Phi) is 5.92. The molecule has 11 aromatic rings. The van der Waals surface area contributed by atoms with E-state index in [2.05, 4.69) is 182 Å². The van der Waals surface area contributed by atoms with Crippen LogP contribution in [-0.4, -0.2) is 18.7 Å². The van der Waals surface area contributed by atoms with Crippen LogP contribution in [0.1, 0.15) is 0 Å². The summed E-state index contributed by atoms with van der Waals surface area (Å²) in [4.78, 5) is 4.34. The van der Waals surface area contributed by atoms with Crippen LogP contribution in [0.25, 0.3) is 93.6 Å². The van der Waals surface area contributed by atoms with E-state index in [0.717, 1.165) is 28.2 Å². The number of pyridine rings is 1. The van der Waals surface area contributed by atoms with E-state index in [0.29, 0.717) is 0 Å².